The fourth-order valence-corrected chi connectivity index (χ4v) is 2.74. The quantitative estimate of drug-likeness (QED) is 0.910. The third-order valence-corrected chi connectivity index (χ3v) is 3.77. The summed E-state index contributed by atoms with van der Waals surface area (Å²) in [6, 6.07) is 8.85. The van der Waals surface area contributed by atoms with Crippen molar-refractivity contribution >= 4 is 12.4 Å². The van der Waals surface area contributed by atoms with Crippen molar-refractivity contribution in [2.45, 2.75) is 32.7 Å². The molecule has 0 aliphatic carbocycles. The van der Waals surface area contributed by atoms with Gasteiger partial charge in [-0.3, -0.25) is 4.90 Å². The van der Waals surface area contributed by atoms with Crippen LogP contribution in [0.25, 0.3) is 0 Å². The molecule has 1 fully saturated rings. The number of hydrogen-bond acceptors (Lipinski definition) is 2. The highest BCUT2D eigenvalue weighted by Crippen LogP contribution is 2.21. The Balaban J connectivity index is 0.00000162. The van der Waals surface area contributed by atoms with E-state index < -0.39 is 0 Å². The topological polar surface area (TPSA) is 29.3 Å². The molecule has 2 rings (SSSR count). The average Bonchev–Trinajstić information content (AvgIpc) is 2.32. The molecular weight excluding hydrogens is 244 g/mol. The maximum Gasteiger partial charge on any atom is 0.0233 e. The molecule has 1 aromatic carbocycles. The monoisotopic (exact) mass is 268 g/mol. The second-order valence-corrected chi connectivity index (χ2v) is 5.29. The normalized spacial score (nSPS) is 17.4. The van der Waals surface area contributed by atoms with Crippen LogP contribution in [0.5, 0.6) is 0 Å². The van der Waals surface area contributed by atoms with Crippen LogP contribution in [0.15, 0.2) is 24.3 Å². The SMILES string of the molecule is Cc1cccc(CN2CCC(CCN)CC2)c1.Cl. The van der Waals surface area contributed by atoms with Gasteiger partial charge < -0.3 is 5.73 Å². The Kier molecular flexibility index (Phi) is 6.69. The van der Waals surface area contributed by atoms with Crippen molar-refractivity contribution in [1.82, 2.24) is 4.90 Å². The van der Waals surface area contributed by atoms with Crippen LogP contribution in [0.3, 0.4) is 0 Å². The maximum absolute atomic E-state index is 5.62. The van der Waals surface area contributed by atoms with Gasteiger partial charge in [0.2, 0.25) is 0 Å². The van der Waals surface area contributed by atoms with Crippen LogP contribution in [0, 0.1) is 12.8 Å². The molecule has 0 saturated carbocycles. The number of likely N-dealkylation sites (tertiary alicyclic amines) is 1. The number of benzene rings is 1. The van der Waals surface area contributed by atoms with E-state index in [1.54, 1.807) is 0 Å². The molecule has 0 atom stereocenters. The summed E-state index contributed by atoms with van der Waals surface area (Å²) < 4.78 is 0. The number of aryl methyl sites for hydroxylation is 1. The molecule has 2 nitrogen and oxygen atoms in total. The summed E-state index contributed by atoms with van der Waals surface area (Å²) in [5.74, 6) is 0.869. The van der Waals surface area contributed by atoms with Crippen LogP contribution < -0.4 is 5.73 Å². The van der Waals surface area contributed by atoms with E-state index in [2.05, 4.69) is 36.1 Å². The fourth-order valence-electron chi connectivity index (χ4n) is 2.74. The molecule has 1 aromatic rings. The van der Waals surface area contributed by atoms with Crippen LogP contribution in [0.1, 0.15) is 30.4 Å². The van der Waals surface area contributed by atoms with Crippen LogP contribution in [-0.4, -0.2) is 24.5 Å². The lowest BCUT2D eigenvalue weighted by Crippen LogP contribution is -2.33. The average molecular weight is 269 g/mol. The minimum absolute atomic E-state index is 0. The molecule has 102 valence electrons. The van der Waals surface area contributed by atoms with Gasteiger partial charge in [-0.15, -0.1) is 12.4 Å². The third kappa shape index (κ3) is 4.60. The lowest BCUT2D eigenvalue weighted by molar-refractivity contribution is 0.173. The first-order chi connectivity index (χ1) is 8.28. The van der Waals surface area contributed by atoms with E-state index in [0.29, 0.717) is 0 Å². The number of nitrogens with two attached hydrogens (primary N) is 1. The zero-order chi connectivity index (χ0) is 12.1. The van der Waals surface area contributed by atoms with Gasteiger partial charge in [-0.2, -0.15) is 0 Å². The molecule has 0 spiro atoms. The second kappa shape index (κ2) is 7.78. The highest BCUT2D eigenvalue weighted by Gasteiger charge is 2.18. The van der Waals surface area contributed by atoms with Crippen LogP contribution >= 0.6 is 12.4 Å². The number of halogens is 1. The van der Waals surface area contributed by atoms with Gasteiger partial charge in [0, 0.05) is 6.54 Å². The van der Waals surface area contributed by atoms with Crippen LogP contribution in [-0.2, 0) is 6.54 Å². The Hall–Kier alpha value is -0.570. The Morgan fingerprint density at radius 1 is 1.28 bits per heavy atom. The summed E-state index contributed by atoms with van der Waals surface area (Å²) in [6.07, 6.45) is 3.85. The molecule has 18 heavy (non-hydrogen) atoms. The predicted octanol–water partition coefficient (Wildman–Crippen LogP) is 2.98. The molecule has 0 aromatic heterocycles. The summed E-state index contributed by atoms with van der Waals surface area (Å²) in [5, 5.41) is 0. The summed E-state index contributed by atoms with van der Waals surface area (Å²) >= 11 is 0. The molecule has 0 amide bonds. The van der Waals surface area contributed by atoms with Gasteiger partial charge >= 0.3 is 0 Å². The van der Waals surface area contributed by atoms with Crippen molar-refractivity contribution < 1.29 is 0 Å². The first-order valence-corrected chi connectivity index (χ1v) is 6.76. The summed E-state index contributed by atoms with van der Waals surface area (Å²) in [5.41, 5.74) is 8.43. The first-order valence-electron chi connectivity index (χ1n) is 6.76. The Bertz CT molecular complexity index is 346. The number of hydrogen-bond donors (Lipinski definition) is 1. The minimum atomic E-state index is 0. The van der Waals surface area contributed by atoms with Crippen molar-refractivity contribution in [2.24, 2.45) is 11.7 Å². The molecule has 1 heterocycles. The highest BCUT2D eigenvalue weighted by atomic mass is 35.5. The molecule has 2 N–H and O–H groups in total. The highest BCUT2D eigenvalue weighted by molar-refractivity contribution is 5.85. The third-order valence-electron chi connectivity index (χ3n) is 3.77. The molecular formula is C15H25ClN2. The largest absolute Gasteiger partial charge is 0.330 e. The van der Waals surface area contributed by atoms with Crippen molar-refractivity contribution in [2.75, 3.05) is 19.6 Å². The van der Waals surface area contributed by atoms with Gasteiger partial charge in [0.25, 0.3) is 0 Å². The maximum atomic E-state index is 5.62. The molecule has 3 heteroatoms. The second-order valence-electron chi connectivity index (χ2n) is 5.29. The Morgan fingerprint density at radius 2 is 2.00 bits per heavy atom. The number of piperidine rings is 1. The first kappa shape index (κ1) is 15.5. The van der Waals surface area contributed by atoms with Crippen molar-refractivity contribution in [3.05, 3.63) is 35.4 Å². The van der Waals surface area contributed by atoms with Crippen LogP contribution in [0.4, 0.5) is 0 Å². The van der Waals surface area contributed by atoms with E-state index in [1.807, 2.05) is 0 Å². The fraction of sp³-hybridized carbons (Fsp3) is 0.600. The van der Waals surface area contributed by atoms with E-state index >= 15 is 0 Å². The van der Waals surface area contributed by atoms with Gasteiger partial charge in [-0.1, -0.05) is 29.8 Å². The summed E-state index contributed by atoms with van der Waals surface area (Å²) in [4.78, 5) is 2.57. The van der Waals surface area contributed by atoms with E-state index in [0.717, 1.165) is 19.0 Å². The van der Waals surface area contributed by atoms with Crippen molar-refractivity contribution in [3.63, 3.8) is 0 Å². The van der Waals surface area contributed by atoms with E-state index in [1.165, 1.54) is 43.5 Å². The van der Waals surface area contributed by atoms with E-state index in [9.17, 15) is 0 Å². The van der Waals surface area contributed by atoms with Crippen molar-refractivity contribution in [3.8, 4) is 0 Å². The lowest BCUT2D eigenvalue weighted by atomic mass is 9.93. The molecule has 1 saturated heterocycles. The van der Waals surface area contributed by atoms with Gasteiger partial charge in [0.15, 0.2) is 0 Å². The zero-order valence-electron chi connectivity index (χ0n) is 11.3. The number of rotatable bonds is 4. The zero-order valence-corrected chi connectivity index (χ0v) is 12.1. The lowest BCUT2D eigenvalue weighted by Gasteiger charge is -2.31. The molecule has 0 bridgehead atoms. The summed E-state index contributed by atoms with van der Waals surface area (Å²) in [7, 11) is 0. The van der Waals surface area contributed by atoms with E-state index in [-0.39, 0.29) is 12.4 Å². The Morgan fingerprint density at radius 3 is 2.61 bits per heavy atom. The van der Waals surface area contributed by atoms with Gasteiger partial charge in [0.1, 0.15) is 0 Å². The molecule has 1 aliphatic heterocycles. The number of nitrogens with zero attached hydrogens (tertiary/aromatic N) is 1. The van der Waals surface area contributed by atoms with Gasteiger partial charge in [-0.05, 0) is 57.3 Å². The predicted molar refractivity (Wildman–Crippen MR) is 80.1 cm³/mol. The van der Waals surface area contributed by atoms with Gasteiger partial charge in [0.05, 0.1) is 0 Å². The molecule has 1 aliphatic rings. The minimum Gasteiger partial charge on any atom is -0.330 e. The molecule has 0 unspecified atom stereocenters. The van der Waals surface area contributed by atoms with Crippen molar-refractivity contribution in [1.29, 1.82) is 0 Å². The van der Waals surface area contributed by atoms with Crippen LogP contribution in [0.2, 0.25) is 0 Å². The standard InChI is InChI=1S/C15H24N2.ClH/c1-13-3-2-4-15(11-13)12-17-9-6-14(5-8-16)7-10-17;/h2-4,11,14H,5-10,12,16H2,1H3;1H. The Labute approximate surface area is 117 Å². The van der Waals surface area contributed by atoms with E-state index in [4.69, 9.17) is 5.73 Å². The molecule has 0 radical (unpaired) electrons. The summed E-state index contributed by atoms with van der Waals surface area (Å²) in [6.45, 7) is 6.59. The van der Waals surface area contributed by atoms with Gasteiger partial charge in [-0.25, -0.2) is 0 Å². The smallest absolute Gasteiger partial charge is 0.0233 e.